The van der Waals surface area contributed by atoms with Crippen LogP contribution in [0.1, 0.15) is 64.9 Å². The molecule has 2 aromatic rings. The molecule has 2 heterocycles. The number of hydrogen-bond donors (Lipinski definition) is 1. The van der Waals surface area contributed by atoms with Gasteiger partial charge in [0.15, 0.2) is 0 Å². The van der Waals surface area contributed by atoms with E-state index in [0.717, 1.165) is 50.9 Å². The highest BCUT2D eigenvalue weighted by atomic mass is 35.5. The summed E-state index contributed by atoms with van der Waals surface area (Å²) in [7, 11) is 1.43. The summed E-state index contributed by atoms with van der Waals surface area (Å²) in [5.41, 5.74) is 2.72. The number of carbonyl (C=O) groups excluding carboxylic acids is 2. The number of anilines is 1. The Morgan fingerprint density at radius 2 is 1.74 bits per heavy atom. The van der Waals surface area contributed by atoms with E-state index >= 15 is 0 Å². The number of esters is 1. The molecule has 0 unspecified atom stereocenters. The standard InChI is InChI=1S/C27H32N2O3S.ClH/c1-32-25(30)23-21-7-8-29(15-17-5-3-2-4-6-17)16-22(21)33-24(23)28-26(31)27-12-18-9-19(13-27)11-20(10-18)14-27;/h2-6,18-20H,7-16H2,1H3,(H,28,31);1H. The molecule has 0 atom stereocenters. The van der Waals surface area contributed by atoms with E-state index in [0.29, 0.717) is 28.3 Å². The highest BCUT2D eigenvalue weighted by molar-refractivity contribution is 7.17. The molecule has 1 aromatic heterocycles. The quantitative estimate of drug-likeness (QED) is 0.537. The minimum absolute atomic E-state index is 0. The van der Waals surface area contributed by atoms with E-state index in [1.807, 2.05) is 6.07 Å². The molecule has 1 N–H and O–H groups in total. The maximum absolute atomic E-state index is 13.7. The monoisotopic (exact) mass is 500 g/mol. The Morgan fingerprint density at radius 3 is 2.35 bits per heavy atom. The summed E-state index contributed by atoms with van der Waals surface area (Å²) in [6, 6.07) is 10.5. The van der Waals surface area contributed by atoms with Crippen LogP contribution in [0.4, 0.5) is 5.00 Å². The van der Waals surface area contributed by atoms with Gasteiger partial charge in [0.2, 0.25) is 5.91 Å². The first-order valence-electron chi connectivity index (χ1n) is 12.3. The van der Waals surface area contributed by atoms with Gasteiger partial charge in [-0.05, 0) is 73.8 Å². The van der Waals surface area contributed by atoms with Crippen LogP contribution in [0.25, 0.3) is 0 Å². The smallest absolute Gasteiger partial charge is 0.341 e. The SMILES string of the molecule is COC(=O)c1c(NC(=O)C23CC4CC(CC(C4)C2)C3)sc2c1CCN(Cc1ccccc1)C2.Cl. The number of rotatable bonds is 5. The Hall–Kier alpha value is -1.89. The van der Waals surface area contributed by atoms with Gasteiger partial charge in [0, 0.05) is 24.5 Å². The highest BCUT2D eigenvalue weighted by Gasteiger charge is 2.54. The predicted octanol–water partition coefficient (Wildman–Crippen LogP) is 5.67. The molecule has 1 aromatic carbocycles. The van der Waals surface area contributed by atoms with Crippen molar-refractivity contribution < 1.29 is 14.3 Å². The number of thiophene rings is 1. The van der Waals surface area contributed by atoms with Crippen LogP contribution in [0.3, 0.4) is 0 Å². The molecule has 4 fully saturated rings. The molecule has 34 heavy (non-hydrogen) atoms. The Morgan fingerprint density at radius 1 is 1.09 bits per heavy atom. The molecule has 0 saturated heterocycles. The van der Waals surface area contributed by atoms with Gasteiger partial charge < -0.3 is 10.1 Å². The Bertz CT molecular complexity index is 1050. The molecule has 1 aliphatic heterocycles. The van der Waals surface area contributed by atoms with E-state index in [1.54, 1.807) is 11.3 Å². The summed E-state index contributed by atoms with van der Waals surface area (Å²) < 4.78 is 5.16. The van der Waals surface area contributed by atoms with E-state index in [1.165, 1.54) is 36.8 Å². The van der Waals surface area contributed by atoms with Gasteiger partial charge in [-0.25, -0.2) is 4.79 Å². The maximum Gasteiger partial charge on any atom is 0.341 e. The van der Waals surface area contributed by atoms with E-state index in [4.69, 9.17) is 4.74 Å². The number of carbonyl (C=O) groups is 2. The van der Waals surface area contributed by atoms with Crippen LogP contribution in [-0.4, -0.2) is 30.4 Å². The number of nitrogens with zero attached hydrogens (tertiary/aromatic N) is 1. The van der Waals surface area contributed by atoms with Crippen LogP contribution in [-0.2, 0) is 29.0 Å². The average molecular weight is 501 g/mol. The van der Waals surface area contributed by atoms with Crippen LogP contribution in [0.5, 0.6) is 0 Å². The molecule has 4 bridgehead atoms. The van der Waals surface area contributed by atoms with Crippen molar-refractivity contribution >= 4 is 40.6 Å². The van der Waals surface area contributed by atoms with Crippen LogP contribution in [0.15, 0.2) is 30.3 Å². The first-order chi connectivity index (χ1) is 16.0. The zero-order chi connectivity index (χ0) is 22.6. The molecule has 7 rings (SSSR count). The van der Waals surface area contributed by atoms with Crippen LogP contribution >= 0.6 is 23.7 Å². The first-order valence-corrected chi connectivity index (χ1v) is 13.2. The summed E-state index contributed by atoms with van der Waals surface area (Å²) in [4.78, 5) is 30.1. The third-order valence-electron chi connectivity index (χ3n) is 8.52. The van der Waals surface area contributed by atoms with Crippen molar-refractivity contribution in [2.24, 2.45) is 23.2 Å². The van der Waals surface area contributed by atoms with Crippen LogP contribution < -0.4 is 5.32 Å². The molecule has 0 spiro atoms. The van der Waals surface area contributed by atoms with Crippen LogP contribution in [0.2, 0.25) is 0 Å². The number of hydrogen-bond acceptors (Lipinski definition) is 5. The van der Waals surface area contributed by atoms with Crippen molar-refractivity contribution in [2.45, 2.75) is 58.0 Å². The zero-order valence-electron chi connectivity index (χ0n) is 19.7. The van der Waals surface area contributed by atoms with Gasteiger partial charge >= 0.3 is 5.97 Å². The van der Waals surface area contributed by atoms with Gasteiger partial charge in [-0.1, -0.05) is 30.3 Å². The zero-order valence-corrected chi connectivity index (χ0v) is 21.3. The molecule has 182 valence electrons. The van der Waals surface area contributed by atoms with Crippen molar-refractivity contribution in [3.8, 4) is 0 Å². The first kappa shape index (κ1) is 23.8. The average Bonchev–Trinajstić information content (AvgIpc) is 3.15. The fourth-order valence-corrected chi connectivity index (χ4v) is 8.74. The van der Waals surface area contributed by atoms with Gasteiger partial charge in [-0.15, -0.1) is 23.7 Å². The molecular weight excluding hydrogens is 468 g/mol. The summed E-state index contributed by atoms with van der Waals surface area (Å²) in [5.74, 6) is 1.96. The Kier molecular flexibility index (Phi) is 6.51. The van der Waals surface area contributed by atoms with Gasteiger partial charge in [-0.2, -0.15) is 0 Å². The van der Waals surface area contributed by atoms with Crippen molar-refractivity contribution in [2.75, 3.05) is 19.0 Å². The number of benzene rings is 1. The number of fused-ring (bicyclic) bond motifs is 1. The minimum atomic E-state index is -0.329. The van der Waals surface area contributed by atoms with Crippen molar-refractivity contribution in [1.82, 2.24) is 4.90 Å². The molecule has 5 aliphatic rings. The second-order valence-electron chi connectivity index (χ2n) is 10.8. The topological polar surface area (TPSA) is 58.6 Å². The van der Waals surface area contributed by atoms with Crippen LogP contribution in [0, 0.1) is 23.2 Å². The third kappa shape index (κ3) is 4.18. The van der Waals surface area contributed by atoms with Gasteiger partial charge in [0.1, 0.15) is 5.00 Å². The fraction of sp³-hybridized carbons (Fsp3) is 0.556. The van der Waals surface area contributed by atoms with E-state index in [9.17, 15) is 9.59 Å². The molecule has 7 heteroatoms. The lowest BCUT2D eigenvalue weighted by Gasteiger charge is -2.55. The number of halogens is 1. The lowest BCUT2D eigenvalue weighted by molar-refractivity contribution is -0.140. The Balaban J connectivity index is 0.00000241. The predicted molar refractivity (Wildman–Crippen MR) is 136 cm³/mol. The molecule has 0 radical (unpaired) electrons. The number of nitrogens with one attached hydrogen (secondary N) is 1. The largest absolute Gasteiger partial charge is 0.465 e. The summed E-state index contributed by atoms with van der Waals surface area (Å²) in [6.07, 6.45) is 7.80. The summed E-state index contributed by atoms with van der Waals surface area (Å²) in [6.45, 7) is 2.58. The van der Waals surface area contributed by atoms with Crippen molar-refractivity contribution in [1.29, 1.82) is 0 Å². The molecule has 1 amide bonds. The second kappa shape index (κ2) is 9.29. The Labute approximate surface area is 211 Å². The third-order valence-corrected chi connectivity index (χ3v) is 9.65. The summed E-state index contributed by atoms with van der Waals surface area (Å²) in [5, 5.41) is 3.97. The van der Waals surface area contributed by atoms with Gasteiger partial charge in [0.05, 0.1) is 18.1 Å². The lowest BCUT2D eigenvalue weighted by atomic mass is 9.49. The van der Waals surface area contributed by atoms with Crippen molar-refractivity contribution in [3.63, 3.8) is 0 Å². The van der Waals surface area contributed by atoms with E-state index in [-0.39, 0.29) is 29.7 Å². The number of ether oxygens (including phenoxy) is 1. The molecular formula is C27H33ClN2O3S. The lowest BCUT2D eigenvalue weighted by Crippen LogP contribution is -2.51. The number of methoxy groups -OCH3 is 1. The van der Waals surface area contributed by atoms with E-state index in [2.05, 4.69) is 34.5 Å². The second-order valence-corrected chi connectivity index (χ2v) is 11.9. The fourth-order valence-electron chi connectivity index (χ4n) is 7.46. The van der Waals surface area contributed by atoms with Gasteiger partial charge in [0.25, 0.3) is 0 Å². The molecule has 5 nitrogen and oxygen atoms in total. The molecule has 4 aliphatic carbocycles. The molecule has 4 saturated carbocycles. The normalized spacial score (nSPS) is 29.3. The highest BCUT2D eigenvalue weighted by Crippen LogP contribution is 2.60. The summed E-state index contributed by atoms with van der Waals surface area (Å²) >= 11 is 1.58. The van der Waals surface area contributed by atoms with Crippen molar-refractivity contribution in [3.05, 3.63) is 51.9 Å². The maximum atomic E-state index is 13.7. The minimum Gasteiger partial charge on any atom is -0.465 e. The number of amides is 1. The van der Waals surface area contributed by atoms with Gasteiger partial charge in [-0.3, -0.25) is 9.69 Å². The van der Waals surface area contributed by atoms with E-state index < -0.39 is 0 Å².